The summed E-state index contributed by atoms with van der Waals surface area (Å²) >= 11 is 3.73. The highest BCUT2D eigenvalue weighted by atomic mass is 32.1. The SMILES string of the molecule is CC(C)(C)c1cc(-c2ccccc2N2c3cc4c(cc3B3c5cc6c(cc5N(c5ccccc5-c5cc(C(C)(C)C)cc(C(C)(C)C)c5)c5cc(C(C)(C)C)cc2c53)c2cc3c(cc2n6-c2ccccc2)sc2ccccc23)oc2cc3sc5ccccc5c3cc24)cc(C(C)(C)C)c1. The van der Waals surface area contributed by atoms with Gasteiger partial charge in [0.1, 0.15) is 11.2 Å². The molecule has 0 fully saturated rings. The summed E-state index contributed by atoms with van der Waals surface area (Å²) in [5.41, 5.74) is 26.7. The van der Waals surface area contributed by atoms with Crippen LogP contribution in [-0.4, -0.2) is 11.3 Å². The summed E-state index contributed by atoms with van der Waals surface area (Å²) in [5, 5.41) is 9.80. The third kappa shape index (κ3) is 9.72. The second kappa shape index (κ2) is 21.4. The van der Waals surface area contributed by atoms with Gasteiger partial charge in [-0.05, 0) is 179 Å². The van der Waals surface area contributed by atoms with Gasteiger partial charge in [-0.2, -0.15) is 0 Å². The van der Waals surface area contributed by atoms with Crippen molar-refractivity contribution < 1.29 is 4.42 Å². The Morgan fingerprint density at radius 1 is 0.293 bits per heavy atom. The molecule has 16 aromatic rings. The number of rotatable bonds is 5. The third-order valence-electron chi connectivity index (χ3n) is 21.7. The summed E-state index contributed by atoms with van der Waals surface area (Å²) in [4.78, 5) is 5.38. The van der Waals surface area contributed by atoms with Gasteiger partial charge in [0, 0.05) is 101 Å². The van der Waals surface area contributed by atoms with E-state index in [1.807, 2.05) is 22.7 Å². The van der Waals surface area contributed by atoms with Crippen LogP contribution in [0.2, 0.25) is 0 Å². The topological polar surface area (TPSA) is 24.6 Å². The molecule has 0 N–H and O–H groups in total. The number of hydrogen-bond acceptors (Lipinski definition) is 5. The van der Waals surface area contributed by atoms with E-state index in [1.54, 1.807) is 0 Å². The molecule has 4 aromatic heterocycles. The Bertz CT molecular complexity index is 6010. The molecule has 0 unspecified atom stereocenters. The van der Waals surface area contributed by atoms with E-state index in [0.29, 0.717) is 0 Å². The van der Waals surface area contributed by atoms with Crippen molar-refractivity contribution in [1.29, 1.82) is 0 Å². The predicted molar refractivity (Wildman–Crippen MR) is 432 cm³/mol. The molecule has 486 valence electrons. The van der Waals surface area contributed by atoms with Gasteiger partial charge in [0.05, 0.1) is 22.4 Å². The molecule has 0 amide bonds. The average Bonchev–Trinajstić information content (AvgIpc) is 1.63. The summed E-state index contributed by atoms with van der Waals surface area (Å²) in [6.45, 7) is 35.2. The van der Waals surface area contributed by atoms with Gasteiger partial charge in [0.25, 0.3) is 6.71 Å². The van der Waals surface area contributed by atoms with E-state index in [9.17, 15) is 0 Å². The summed E-state index contributed by atoms with van der Waals surface area (Å²) in [6, 6.07) is 87.3. The molecular formula is C92H82BN3OS2. The molecule has 7 heteroatoms. The Morgan fingerprint density at radius 3 is 1.20 bits per heavy atom. The number of para-hydroxylation sites is 3. The highest BCUT2D eigenvalue weighted by Crippen LogP contribution is 2.54. The van der Waals surface area contributed by atoms with Crippen molar-refractivity contribution in [2.45, 2.75) is 131 Å². The first kappa shape index (κ1) is 61.7. The van der Waals surface area contributed by atoms with Gasteiger partial charge in [-0.25, -0.2) is 0 Å². The van der Waals surface area contributed by atoms with Gasteiger partial charge in [-0.3, -0.25) is 0 Å². The van der Waals surface area contributed by atoms with Crippen molar-refractivity contribution in [3.63, 3.8) is 0 Å². The van der Waals surface area contributed by atoms with Gasteiger partial charge in [-0.1, -0.05) is 231 Å². The Kier molecular flexibility index (Phi) is 13.3. The normalized spacial score (nSPS) is 13.7. The summed E-state index contributed by atoms with van der Waals surface area (Å²) < 4.78 is 15.0. The quantitative estimate of drug-likeness (QED) is 0.161. The van der Waals surface area contributed by atoms with Crippen molar-refractivity contribution in [1.82, 2.24) is 4.57 Å². The molecule has 18 rings (SSSR count). The molecule has 0 radical (unpaired) electrons. The molecule has 0 aliphatic carbocycles. The second-order valence-electron chi connectivity index (χ2n) is 33.4. The van der Waals surface area contributed by atoms with Crippen LogP contribution in [0, 0.1) is 0 Å². The van der Waals surface area contributed by atoms with Crippen LogP contribution in [0.5, 0.6) is 0 Å². The molecule has 12 aromatic carbocycles. The fourth-order valence-corrected chi connectivity index (χ4v) is 18.4. The Morgan fingerprint density at radius 2 is 0.687 bits per heavy atom. The number of furan rings is 1. The van der Waals surface area contributed by atoms with Crippen LogP contribution in [-0.2, 0) is 27.1 Å². The Labute approximate surface area is 589 Å². The van der Waals surface area contributed by atoms with Crippen molar-refractivity contribution >= 4 is 164 Å². The van der Waals surface area contributed by atoms with Crippen molar-refractivity contribution in [3.8, 4) is 27.9 Å². The van der Waals surface area contributed by atoms with Crippen LogP contribution in [0.15, 0.2) is 229 Å². The molecule has 2 aliphatic heterocycles. The van der Waals surface area contributed by atoms with Crippen LogP contribution in [0.1, 0.15) is 132 Å². The monoisotopic (exact) mass is 1320 g/mol. The van der Waals surface area contributed by atoms with Gasteiger partial charge >= 0.3 is 0 Å². The summed E-state index contributed by atoms with van der Waals surface area (Å²) in [6.07, 6.45) is 0. The fraction of sp³-hybridized carbons (Fsp3) is 0.217. The number of fused-ring (bicyclic) bond motifs is 16. The lowest BCUT2D eigenvalue weighted by Gasteiger charge is -2.45. The first-order valence-electron chi connectivity index (χ1n) is 35.3. The third-order valence-corrected chi connectivity index (χ3v) is 23.9. The summed E-state index contributed by atoms with van der Waals surface area (Å²) in [5.74, 6) is 0. The fourth-order valence-electron chi connectivity index (χ4n) is 16.1. The predicted octanol–water partition coefficient (Wildman–Crippen LogP) is 25.3. The van der Waals surface area contributed by atoms with Gasteiger partial charge < -0.3 is 18.8 Å². The van der Waals surface area contributed by atoms with Crippen LogP contribution in [0.4, 0.5) is 34.1 Å². The molecule has 4 nitrogen and oxygen atoms in total. The van der Waals surface area contributed by atoms with Crippen LogP contribution in [0.25, 0.3) is 112 Å². The van der Waals surface area contributed by atoms with E-state index in [2.05, 4.69) is 343 Å². The maximum absolute atomic E-state index is 7.37. The molecule has 0 saturated carbocycles. The van der Waals surface area contributed by atoms with E-state index in [4.69, 9.17) is 4.42 Å². The first-order chi connectivity index (χ1) is 47.2. The van der Waals surface area contributed by atoms with Gasteiger partial charge in [0.2, 0.25) is 0 Å². The lowest BCUT2D eigenvalue weighted by molar-refractivity contribution is 0.568. The Hall–Kier alpha value is -9.66. The zero-order valence-electron chi connectivity index (χ0n) is 59.5. The minimum absolute atomic E-state index is 0.0965. The lowest BCUT2D eigenvalue weighted by Crippen LogP contribution is -2.61. The van der Waals surface area contributed by atoms with Crippen LogP contribution < -0.4 is 26.2 Å². The minimum atomic E-state index is -0.273. The smallest absolute Gasteiger partial charge is 0.252 e. The van der Waals surface area contributed by atoms with E-state index in [0.717, 1.165) is 44.7 Å². The maximum Gasteiger partial charge on any atom is 0.252 e. The average molecular weight is 1320 g/mol. The minimum Gasteiger partial charge on any atom is -0.456 e. The standard InChI is InChI=1S/C92H82BN3OS2/c1-88(2,3)55-37-53(38-56(41-55)89(4,5)6)61-29-19-23-33-73(61)95-77-47-66-65-45-69-63-31-21-25-35-83(63)98-85(69)51-76(65)94(60-27-17-16-18-28-60)75(66)49-71(77)93-72-50-81-68(67-46-70-64-32-22-26-36-84(64)99-86(70)52-82(67)97-81)48-78(72)96(80-44-59(92(13,14)15)43-79(95)87(80)93)74-34-24-20-30-62(74)54-39-57(90(7,8)9)42-58(40-54)91(10,11)12/h16-52H,1-15H3. The Balaban J connectivity index is 1.01. The number of nitrogens with zero attached hydrogens (tertiary/aromatic N) is 3. The van der Waals surface area contributed by atoms with E-state index in [-0.39, 0.29) is 33.8 Å². The molecule has 0 bridgehead atoms. The van der Waals surface area contributed by atoms with Crippen molar-refractivity contribution in [2.24, 2.45) is 0 Å². The largest absolute Gasteiger partial charge is 0.456 e. The molecule has 99 heavy (non-hydrogen) atoms. The molecular weight excluding hydrogens is 1240 g/mol. The molecule has 6 heterocycles. The summed E-state index contributed by atoms with van der Waals surface area (Å²) in [7, 11) is 0. The van der Waals surface area contributed by atoms with Gasteiger partial charge in [-0.15, -0.1) is 22.7 Å². The number of benzene rings is 12. The molecule has 0 spiro atoms. The van der Waals surface area contributed by atoms with Crippen LogP contribution in [0.3, 0.4) is 0 Å². The molecule has 0 saturated heterocycles. The van der Waals surface area contributed by atoms with E-state index < -0.39 is 0 Å². The van der Waals surface area contributed by atoms with Crippen molar-refractivity contribution in [3.05, 3.63) is 252 Å². The molecule has 2 aliphatic rings. The number of thiophene rings is 2. The number of aromatic nitrogens is 1. The van der Waals surface area contributed by atoms with Gasteiger partial charge in [0.15, 0.2) is 0 Å². The van der Waals surface area contributed by atoms with E-state index in [1.165, 1.54) is 146 Å². The molecule has 0 atom stereocenters. The maximum atomic E-state index is 7.37. The highest BCUT2D eigenvalue weighted by molar-refractivity contribution is 7.26. The number of hydrogen-bond donors (Lipinski definition) is 0. The van der Waals surface area contributed by atoms with Crippen molar-refractivity contribution in [2.75, 3.05) is 9.80 Å². The lowest BCUT2D eigenvalue weighted by atomic mass is 9.33. The second-order valence-corrected chi connectivity index (χ2v) is 35.6. The number of anilines is 6. The zero-order chi connectivity index (χ0) is 68.3. The van der Waals surface area contributed by atoms with E-state index >= 15 is 0 Å². The highest BCUT2D eigenvalue weighted by Gasteiger charge is 2.46. The zero-order valence-corrected chi connectivity index (χ0v) is 61.1. The van der Waals surface area contributed by atoms with Crippen LogP contribution >= 0.6 is 22.7 Å². The first-order valence-corrected chi connectivity index (χ1v) is 36.9.